The van der Waals surface area contributed by atoms with Crippen LogP contribution in [-0.2, 0) is 13.2 Å². The van der Waals surface area contributed by atoms with Crippen LogP contribution in [0.2, 0.25) is 0 Å². The first-order valence-corrected chi connectivity index (χ1v) is 10.2. The average molecular weight is 390 g/mol. The molecule has 0 bridgehead atoms. The lowest BCUT2D eigenvalue weighted by Gasteiger charge is -2.14. The van der Waals surface area contributed by atoms with Crippen LogP contribution in [0.4, 0.5) is 0 Å². The topological polar surface area (TPSA) is 18.5 Å². The Bertz CT molecular complexity index is 1190. The van der Waals surface area contributed by atoms with Crippen LogP contribution < -0.4 is 9.47 Å². The van der Waals surface area contributed by atoms with Gasteiger partial charge < -0.3 is 9.47 Å². The van der Waals surface area contributed by atoms with E-state index in [0.29, 0.717) is 13.2 Å². The molecule has 0 N–H and O–H groups in total. The fourth-order valence-corrected chi connectivity index (χ4v) is 3.79. The number of fused-ring (bicyclic) bond motifs is 2. The molecule has 0 unspecified atom stereocenters. The smallest absolute Gasteiger partial charge is 0.127 e. The first-order chi connectivity index (χ1) is 14.9. The van der Waals surface area contributed by atoms with Crippen LogP contribution >= 0.6 is 0 Å². The molecule has 0 spiro atoms. The second-order valence-corrected chi connectivity index (χ2v) is 7.30. The van der Waals surface area contributed by atoms with Gasteiger partial charge in [-0.1, -0.05) is 97.1 Å². The Morgan fingerprint density at radius 2 is 0.800 bits per heavy atom. The third kappa shape index (κ3) is 3.72. The summed E-state index contributed by atoms with van der Waals surface area (Å²) in [5.41, 5.74) is 2.26. The highest BCUT2D eigenvalue weighted by Gasteiger charge is 2.07. The zero-order valence-corrected chi connectivity index (χ0v) is 16.6. The molecule has 0 radical (unpaired) electrons. The van der Waals surface area contributed by atoms with E-state index in [2.05, 4.69) is 48.5 Å². The lowest BCUT2D eigenvalue weighted by molar-refractivity contribution is 0.289. The van der Waals surface area contributed by atoms with Gasteiger partial charge in [0.25, 0.3) is 0 Å². The maximum Gasteiger partial charge on any atom is 0.127 e. The molecular weight excluding hydrogens is 368 g/mol. The highest BCUT2D eigenvalue weighted by atomic mass is 16.5. The maximum absolute atomic E-state index is 6.21. The molecule has 0 saturated carbocycles. The van der Waals surface area contributed by atoms with E-state index in [1.54, 1.807) is 0 Å². The van der Waals surface area contributed by atoms with Crippen molar-refractivity contribution in [2.45, 2.75) is 13.2 Å². The van der Waals surface area contributed by atoms with Gasteiger partial charge in [0.2, 0.25) is 0 Å². The third-order valence-corrected chi connectivity index (χ3v) is 5.38. The Morgan fingerprint density at radius 3 is 1.30 bits per heavy atom. The van der Waals surface area contributed by atoms with Gasteiger partial charge >= 0.3 is 0 Å². The molecule has 2 heteroatoms. The second kappa shape index (κ2) is 8.30. The van der Waals surface area contributed by atoms with Crippen molar-refractivity contribution in [2.75, 3.05) is 0 Å². The molecule has 0 aliphatic rings. The Balaban J connectivity index is 1.35. The normalized spacial score (nSPS) is 10.9. The van der Waals surface area contributed by atoms with Crippen LogP contribution in [0.1, 0.15) is 11.1 Å². The van der Waals surface area contributed by atoms with Crippen molar-refractivity contribution >= 4 is 21.5 Å². The first-order valence-electron chi connectivity index (χ1n) is 10.2. The first kappa shape index (κ1) is 18.3. The third-order valence-electron chi connectivity index (χ3n) is 5.38. The number of hydrogen-bond donors (Lipinski definition) is 0. The fraction of sp³-hybridized carbons (Fsp3) is 0.0714. The number of benzene rings is 5. The summed E-state index contributed by atoms with van der Waals surface area (Å²) in [6, 6.07) is 37.2. The Kier molecular flexibility index (Phi) is 5.05. The van der Waals surface area contributed by atoms with Crippen LogP contribution in [0.3, 0.4) is 0 Å². The molecule has 0 saturated heterocycles. The molecular formula is C28H22O2. The van der Waals surface area contributed by atoms with Gasteiger partial charge in [-0.3, -0.25) is 0 Å². The second-order valence-electron chi connectivity index (χ2n) is 7.30. The summed E-state index contributed by atoms with van der Waals surface area (Å²) in [7, 11) is 0. The van der Waals surface area contributed by atoms with E-state index in [4.69, 9.17) is 9.47 Å². The molecule has 0 aliphatic carbocycles. The minimum atomic E-state index is 0.503. The molecule has 146 valence electrons. The molecule has 5 aromatic rings. The zero-order chi connectivity index (χ0) is 20.2. The van der Waals surface area contributed by atoms with Crippen LogP contribution in [-0.4, -0.2) is 0 Å². The molecule has 0 aliphatic heterocycles. The summed E-state index contributed by atoms with van der Waals surface area (Å²) in [6.45, 7) is 1.01. The molecule has 0 atom stereocenters. The van der Waals surface area contributed by atoms with Crippen molar-refractivity contribution in [2.24, 2.45) is 0 Å². The van der Waals surface area contributed by atoms with Crippen molar-refractivity contribution in [1.82, 2.24) is 0 Å². The summed E-state index contributed by atoms with van der Waals surface area (Å²) in [5, 5.41) is 4.62. The molecule has 0 aromatic heterocycles. The summed E-state index contributed by atoms with van der Waals surface area (Å²) in [5.74, 6) is 1.80. The molecule has 0 fully saturated rings. The predicted octanol–water partition coefficient (Wildman–Crippen LogP) is 7.15. The molecule has 2 nitrogen and oxygen atoms in total. The Labute approximate surface area is 176 Å². The maximum atomic E-state index is 6.21. The van der Waals surface area contributed by atoms with Crippen molar-refractivity contribution in [1.29, 1.82) is 0 Å². The van der Waals surface area contributed by atoms with Crippen LogP contribution in [0.25, 0.3) is 21.5 Å². The standard InChI is InChI=1S/C28H22O2/c1-2-12-24(20-30-28-18-8-14-22-10-4-6-16-26(22)28)23(11-1)19-29-27-17-7-13-21-9-3-5-15-25(21)27/h1-18H,19-20H2. The van der Waals surface area contributed by atoms with Crippen LogP contribution in [0, 0.1) is 0 Å². The van der Waals surface area contributed by atoms with Crippen molar-refractivity contribution in [3.05, 3.63) is 120 Å². The van der Waals surface area contributed by atoms with E-state index in [-0.39, 0.29) is 0 Å². The minimum absolute atomic E-state index is 0.503. The van der Waals surface area contributed by atoms with Gasteiger partial charge in [0.1, 0.15) is 24.7 Å². The Hall–Kier alpha value is -3.78. The highest BCUT2D eigenvalue weighted by Crippen LogP contribution is 2.28. The van der Waals surface area contributed by atoms with Gasteiger partial charge in [-0.2, -0.15) is 0 Å². The Morgan fingerprint density at radius 1 is 0.400 bits per heavy atom. The lowest BCUT2D eigenvalue weighted by atomic mass is 10.1. The van der Waals surface area contributed by atoms with Gasteiger partial charge in [-0.05, 0) is 34.0 Å². The van der Waals surface area contributed by atoms with E-state index in [1.165, 1.54) is 10.8 Å². The van der Waals surface area contributed by atoms with Crippen molar-refractivity contribution in [3.63, 3.8) is 0 Å². The van der Waals surface area contributed by atoms with Crippen LogP contribution in [0.5, 0.6) is 11.5 Å². The largest absolute Gasteiger partial charge is 0.488 e. The summed E-state index contributed by atoms with van der Waals surface area (Å²) >= 11 is 0. The van der Waals surface area contributed by atoms with E-state index in [9.17, 15) is 0 Å². The van der Waals surface area contributed by atoms with E-state index in [1.807, 2.05) is 60.7 Å². The quantitative estimate of drug-likeness (QED) is 0.306. The number of hydrogen-bond acceptors (Lipinski definition) is 2. The zero-order valence-electron chi connectivity index (χ0n) is 16.6. The van der Waals surface area contributed by atoms with Crippen molar-refractivity contribution < 1.29 is 9.47 Å². The van der Waals surface area contributed by atoms with Gasteiger partial charge in [-0.25, -0.2) is 0 Å². The SMILES string of the molecule is c1ccc(COc2cccc3ccccc23)c(COc2cccc3ccccc23)c1. The van der Waals surface area contributed by atoms with Crippen LogP contribution in [0.15, 0.2) is 109 Å². The van der Waals surface area contributed by atoms with E-state index < -0.39 is 0 Å². The predicted molar refractivity (Wildman–Crippen MR) is 123 cm³/mol. The monoisotopic (exact) mass is 390 g/mol. The fourth-order valence-electron chi connectivity index (χ4n) is 3.79. The van der Waals surface area contributed by atoms with Gasteiger partial charge in [0, 0.05) is 10.8 Å². The molecule has 5 aromatic carbocycles. The molecule has 5 rings (SSSR count). The number of ether oxygens (including phenoxy) is 2. The van der Waals surface area contributed by atoms with E-state index in [0.717, 1.165) is 33.4 Å². The number of rotatable bonds is 6. The van der Waals surface area contributed by atoms with Gasteiger partial charge in [0.15, 0.2) is 0 Å². The van der Waals surface area contributed by atoms with Crippen molar-refractivity contribution in [3.8, 4) is 11.5 Å². The highest BCUT2D eigenvalue weighted by molar-refractivity contribution is 5.88. The molecule has 0 heterocycles. The molecule has 0 amide bonds. The van der Waals surface area contributed by atoms with Gasteiger partial charge in [0.05, 0.1) is 0 Å². The minimum Gasteiger partial charge on any atom is -0.488 e. The summed E-state index contributed by atoms with van der Waals surface area (Å²) in [4.78, 5) is 0. The summed E-state index contributed by atoms with van der Waals surface area (Å²) < 4.78 is 12.4. The lowest BCUT2D eigenvalue weighted by Crippen LogP contribution is -2.04. The average Bonchev–Trinajstić information content (AvgIpc) is 2.82. The summed E-state index contributed by atoms with van der Waals surface area (Å²) in [6.07, 6.45) is 0. The van der Waals surface area contributed by atoms with E-state index >= 15 is 0 Å². The molecule has 30 heavy (non-hydrogen) atoms. The van der Waals surface area contributed by atoms with Gasteiger partial charge in [-0.15, -0.1) is 0 Å².